The van der Waals surface area contributed by atoms with E-state index < -0.39 is 5.97 Å². The number of esters is 1. The van der Waals surface area contributed by atoms with Gasteiger partial charge in [-0.05, 0) is 0 Å². The quantitative estimate of drug-likeness (QED) is 0.464. The number of rotatable bonds is 4. The molecule has 0 radical (unpaired) electrons. The first-order valence-corrected chi connectivity index (χ1v) is 3.47. The van der Waals surface area contributed by atoms with Gasteiger partial charge in [0, 0.05) is 12.8 Å². The topological polar surface area (TPSA) is 55.4 Å². The van der Waals surface area contributed by atoms with Crippen molar-refractivity contribution in [2.45, 2.75) is 12.8 Å². The Hall–Kier alpha value is -1.50. The van der Waals surface area contributed by atoms with E-state index in [9.17, 15) is 9.59 Å². The van der Waals surface area contributed by atoms with E-state index >= 15 is 0 Å². The Morgan fingerprint density at radius 3 is 2.75 bits per heavy atom. The summed E-state index contributed by atoms with van der Waals surface area (Å²) in [5.74, 6) is 1.62. The van der Waals surface area contributed by atoms with Gasteiger partial charge in [0.15, 0.2) is 0 Å². The van der Waals surface area contributed by atoms with Gasteiger partial charge in [-0.3, -0.25) is 9.59 Å². The van der Waals surface area contributed by atoms with Gasteiger partial charge < -0.3 is 10.1 Å². The summed E-state index contributed by atoms with van der Waals surface area (Å²) in [6.45, 7) is -0.0973. The third-order valence-electron chi connectivity index (χ3n) is 1.15. The second-order valence-electron chi connectivity index (χ2n) is 2.06. The van der Waals surface area contributed by atoms with E-state index in [1.165, 1.54) is 7.11 Å². The number of hydrogen-bond acceptors (Lipinski definition) is 3. The minimum absolute atomic E-state index is 0.0973. The first-order valence-electron chi connectivity index (χ1n) is 3.47. The fourth-order valence-corrected chi connectivity index (χ4v) is 0.517. The molecule has 0 aromatic heterocycles. The van der Waals surface area contributed by atoms with Gasteiger partial charge in [-0.15, -0.1) is 12.3 Å². The molecule has 0 spiro atoms. The molecule has 0 heterocycles. The summed E-state index contributed by atoms with van der Waals surface area (Å²) in [6.07, 6.45) is 5.56. The van der Waals surface area contributed by atoms with Crippen molar-refractivity contribution in [3.8, 4) is 12.3 Å². The van der Waals surface area contributed by atoms with Crippen LogP contribution in [0.3, 0.4) is 0 Å². The van der Waals surface area contributed by atoms with Crippen molar-refractivity contribution >= 4 is 11.9 Å². The lowest BCUT2D eigenvalue weighted by molar-refractivity contribution is -0.141. The highest BCUT2D eigenvalue weighted by molar-refractivity contribution is 5.81. The van der Waals surface area contributed by atoms with Crippen LogP contribution in [-0.2, 0) is 14.3 Å². The number of hydrogen-bond donors (Lipinski definition) is 1. The number of carbonyl (C=O) groups excluding carboxylic acids is 2. The molecule has 0 aromatic rings. The van der Waals surface area contributed by atoms with E-state index in [-0.39, 0.29) is 18.9 Å². The fourth-order valence-electron chi connectivity index (χ4n) is 0.517. The lowest BCUT2D eigenvalue weighted by Gasteiger charge is -2.00. The minimum atomic E-state index is -0.468. The van der Waals surface area contributed by atoms with Crippen LogP contribution in [0, 0.1) is 12.3 Å². The van der Waals surface area contributed by atoms with Gasteiger partial charge >= 0.3 is 5.97 Å². The van der Waals surface area contributed by atoms with Crippen LogP contribution < -0.4 is 5.32 Å². The molecule has 4 heteroatoms. The maximum absolute atomic E-state index is 10.8. The Balaban J connectivity index is 3.45. The highest BCUT2D eigenvalue weighted by atomic mass is 16.5. The van der Waals surface area contributed by atoms with E-state index in [2.05, 4.69) is 16.0 Å². The molecule has 0 aliphatic carbocycles. The molecule has 0 aliphatic rings. The first kappa shape index (κ1) is 10.5. The Kier molecular flexibility index (Phi) is 5.45. The number of carbonyl (C=O) groups is 2. The number of amides is 1. The monoisotopic (exact) mass is 169 g/mol. The molecule has 4 nitrogen and oxygen atoms in total. The van der Waals surface area contributed by atoms with Gasteiger partial charge in [0.1, 0.15) is 6.54 Å². The molecule has 0 bridgehead atoms. The standard InChI is InChI=1S/C8H11NO3/c1-3-4-5-7(10)9-6-8(11)12-2/h1H,4-6H2,2H3,(H,9,10). The Bertz CT molecular complexity index is 205. The van der Waals surface area contributed by atoms with Gasteiger partial charge in [-0.2, -0.15) is 0 Å². The van der Waals surface area contributed by atoms with Gasteiger partial charge in [0.05, 0.1) is 7.11 Å². The van der Waals surface area contributed by atoms with Gasteiger partial charge in [0.25, 0.3) is 0 Å². The summed E-state index contributed by atoms with van der Waals surface area (Å²) in [4.78, 5) is 21.3. The van der Waals surface area contributed by atoms with E-state index in [0.717, 1.165) is 0 Å². The van der Waals surface area contributed by atoms with Crippen molar-refractivity contribution in [3.63, 3.8) is 0 Å². The van der Waals surface area contributed by atoms with Gasteiger partial charge in [-0.1, -0.05) is 0 Å². The van der Waals surface area contributed by atoms with Crippen LogP contribution in [-0.4, -0.2) is 25.5 Å². The fraction of sp³-hybridized carbons (Fsp3) is 0.500. The zero-order valence-corrected chi connectivity index (χ0v) is 6.92. The van der Waals surface area contributed by atoms with Crippen LogP contribution in [0.4, 0.5) is 0 Å². The lowest BCUT2D eigenvalue weighted by atomic mass is 10.3. The molecule has 12 heavy (non-hydrogen) atoms. The predicted molar refractivity (Wildman–Crippen MR) is 43.1 cm³/mol. The summed E-state index contributed by atoms with van der Waals surface area (Å²) in [5, 5.41) is 2.36. The summed E-state index contributed by atoms with van der Waals surface area (Å²) in [5.41, 5.74) is 0. The first-order chi connectivity index (χ1) is 5.70. The average Bonchev–Trinajstić information content (AvgIpc) is 2.10. The predicted octanol–water partition coefficient (Wildman–Crippen LogP) is -0.311. The van der Waals surface area contributed by atoms with Crippen molar-refractivity contribution in [2.75, 3.05) is 13.7 Å². The largest absolute Gasteiger partial charge is 0.468 e. The van der Waals surface area contributed by atoms with Crippen molar-refractivity contribution in [2.24, 2.45) is 0 Å². The van der Waals surface area contributed by atoms with Crippen LogP contribution in [0.2, 0.25) is 0 Å². The van der Waals surface area contributed by atoms with Crippen molar-refractivity contribution in [3.05, 3.63) is 0 Å². The Morgan fingerprint density at radius 2 is 2.25 bits per heavy atom. The highest BCUT2D eigenvalue weighted by Gasteiger charge is 2.03. The molecule has 0 aliphatic heterocycles. The summed E-state index contributed by atoms with van der Waals surface area (Å²) >= 11 is 0. The number of ether oxygens (including phenoxy) is 1. The van der Waals surface area contributed by atoms with Gasteiger partial charge in [-0.25, -0.2) is 0 Å². The molecule has 66 valence electrons. The van der Waals surface area contributed by atoms with E-state index in [1.807, 2.05) is 0 Å². The molecule has 0 fully saturated rings. The lowest BCUT2D eigenvalue weighted by Crippen LogP contribution is -2.29. The molecule has 0 aromatic carbocycles. The molecule has 1 amide bonds. The second-order valence-corrected chi connectivity index (χ2v) is 2.06. The van der Waals surface area contributed by atoms with Gasteiger partial charge in [0.2, 0.25) is 5.91 Å². The van der Waals surface area contributed by atoms with Crippen LogP contribution in [0.25, 0.3) is 0 Å². The van der Waals surface area contributed by atoms with Crippen molar-refractivity contribution < 1.29 is 14.3 Å². The van der Waals surface area contributed by atoms with E-state index in [1.54, 1.807) is 0 Å². The molecule has 0 rings (SSSR count). The molecule has 0 saturated carbocycles. The van der Waals surface area contributed by atoms with E-state index in [0.29, 0.717) is 6.42 Å². The Labute approximate surface area is 71.3 Å². The van der Waals surface area contributed by atoms with Crippen molar-refractivity contribution in [1.29, 1.82) is 0 Å². The summed E-state index contributed by atoms with van der Waals surface area (Å²) in [7, 11) is 1.26. The SMILES string of the molecule is C#CCCC(=O)NCC(=O)OC. The number of nitrogens with one attached hydrogen (secondary N) is 1. The smallest absolute Gasteiger partial charge is 0.325 e. The summed E-state index contributed by atoms with van der Waals surface area (Å²) in [6, 6.07) is 0. The zero-order chi connectivity index (χ0) is 9.40. The molecular formula is C8H11NO3. The molecule has 0 atom stereocenters. The molecule has 1 N–H and O–H groups in total. The third kappa shape index (κ3) is 5.30. The molecule has 0 unspecified atom stereocenters. The second kappa shape index (κ2) is 6.23. The van der Waals surface area contributed by atoms with Crippen LogP contribution in [0.5, 0.6) is 0 Å². The molecular weight excluding hydrogens is 158 g/mol. The number of methoxy groups -OCH3 is 1. The maximum Gasteiger partial charge on any atom is 0.325 e. The van der Waals surface area contributed by atoms with Crippen LogP contribution in [0.15, 0.2) is 0 Å². The normalized spacial score (nSPS) is 8.33. The van der Waals surface area contributed by atoms with E-state index in [4.69, 9.17) is 6.42 Å². The summed E-state index contributed by atoms with van der Waals surface area (Å²) < 4.78 is 4.31. The zero-order valence-electron chi connectivity index (χ0n) is 6.92. The van der Waals surface area contributed by atoms with Crippen molar-refractivity contribution in [1.82, 2.24) is 5.32 Å². The average molecular weight is 169 g/mol. The maximum atomic E-state index is 10.8. The minimum Gasteiger partial charge on any atom is -0.468 e. The van der Waals surface area contributed by atoms with Crippen LogP contribution >= 0.6 is 0 Å². The third-order valence-corrected chi connectivity index (χ3v) is 1.15. The highest BCUT2D eigenvalue weighted by Crippen LogP contribution is 1.85. The van der Waals surface area contributed by atoms with Crippen LogP contribution in [0.1, 0.15) is 12.8 Å². The molecule has 0 saturated heterocycles. The number of terminal acetylenes is 1. The Morgan fingerprint density at radius 1 is 1.58 bits per heavy atom.